The van der Waals surface area contributed by atoms with Crippen LogP contribution in [-0.2, 0) is 7.05 Å². The van der Waals surface area contributed by atoms with Crippen LogP contribution in [0.3, 0.4) is 0 Å². The molecule has 2 rings (SSSR count). The number of nitrogens with two attached hydrogens (primary N) is 1. The minimum atomic E-state index is -1.08. The van der Waals surface area contributed by atoms with Crippen molar-refractivity contribution in [2.24, 2.45) is 7.05 Å². The van der Waals surface area contributed by atoms with Crippen molar-refractivity contribution in [1.29, 1.82) is 0 Å². The van der Waals surface area contributed by atoms with E-state index in [1.807, 2.05) is 6.92 Å². The SMILES string of the molecule is Cc1cc(Oc2cccc(C(=O)O)c2N)n(C)n1. The molecule has 0 aliphatic heterocycles. The molecule has 0 atom stereocenters. The highest BCUT2D eigenvalue weighted by atomic mass is 16.5. The van der Waals surface area contributed by atoms with Gasteiger partial charge in [0.1, 0.15) is 0 Å². The van der Waals surface area contributed by atoms with Gasteiger partial charge in [0.2, 0.25) is 5.88 Å². The van der Waals surface area contributed by atoms with E-state index >= 15 is 0 Å². The molecule has 6 nitrogen and oxygen atoms in total. The van der Waals surface area contributed by atoms with Crippen molar-refractivity contribution in [3.63, 3.8) is 0 Å². The zero-order valence-corrected chi connectivity index (χ0v) is 10.0. The predicted octanol–water partition coefficient (Wildman–Crippen LogP) is 1.80. The second-order valence-electron chi connectivity index (χ2n) is 3.87. The van der Waals surface area contributed by atoms with E-state index in [-0.39, 0.29) is 11.3 Å². The van der Waals surface area contributed by atoms with Crippen LogP contribution in [0, 0.1) is 6.92 Å². The third-order valence-corrected chi connectivity index (χ3v) is 2.47. The fraction of sp³-hybridized carbons (Fsp3) is 0.167. The summed E-state index contributed by atoms with van der Waals surface area (Å²) >= 11 is 0. The maximum absolute atomic E-state index is 10.9. The van der Waals surface area contributed by atoms with Gasteiger partial charge in [-0.2, -0.15) is 5.10 Å². The van der Waals surface area contributed by atoms with Crippen molar-refractivity contribution in [1.82, 2.24) is 9.78 Å². The van der Waals surface area contributed by atoms with Crippen LogP contribution >= 0.6 is 0 Å². The molecule has 0 bridgehead atoms. The molecule has 1 aromatic carbocycles. The number of benzene rings is 1. The van der Waals surface area contributed by atoms with Gasteiger partial charge < -0.3 is 15.6 Å². The number of aryl methyl sites for hydroxylation is 2. The number of hydrogen-bond acceptors (Lipinski definition) is 4. The first kappa shape index (κ1) is 12.0. The van der Waals surface area contributed by atoms with E-state index in [9.17, 15) is 4.79 Å². The lowest BCUT2D eigenvalue weighted by molar-refractivity contribution is 0.0697. The Bertz CT molecular complexity index is 605. The third-order valence-electron chi connectivity index (χ3n) is 2.47. The van der Waals surface area contributed by atoms with Gasteiger partial charge in [-0.25, -0.2) is 9.48 Å². The Balaban J connectivity index is 2.38. The fourth-order valence-electron chi connectivity index (χ4n) is 1.61. The maximum Gasteiger partial charge on any atom is 0.337 e. The number of anilines is 1. The summed E-state index contributed by atoms with van der Waals surface area (Å²) in [5, 5.41) is 13.1. The monoisotopic (exact) mass is 247 g/mol. The van der Waals surface area contributed by atoms with Crippen LogP contribution in [0.25, 0.3) is 0 Å². The molecule has 0 spiro atoms. The zero-order valence-electron chi connectivity index (χ0n) is 10.0. The summed E-state index contributed by atoms with van der Waals surface area (Å²) in [5.74, 6) is -0.279. The van der Waals surface area contributed by atoms with Crippen molar-refractivity contribution >= 4 is 11.7 Å². The number of aromatic nitrogens is 2. The Morgan fingerprint density at radius 1 is 1.50 bits per heavy atom. The molecule has 0 amide bonds. The first-order valence-corrected chi connectivity index (χ1v) is 5.29. The number of rotatable bonds is 3. The average molecular weight is 247 g/mol. The van der Waals surface area contributed by atoms with Crippen LogP contribution in [0.15, 0.2) is 24.3 Å². The highest BCUT2D eigenvalue weighted by Crippen LogP contribution is 2.30. The molecule has 2 aromatic rings. The standard InChI is InChI=1S/C12H13N3O3/c1-7-6-10(15(2)14-7)18-9-5-3-4-8(11(9)13)12(16)17/h3-6H,13H2,1-2H3,(H,16,17). The number of ether oxygens (including phenoxy) is 1. The lowest BCUT2D eigenvalue weighted by atomic mass is 10.1. The van der Waals surface area contributed by atoms with Gasteiger partial charge >= 0.3 is 5.97 Å². The van der Waals surface area contributed by atoms with Crippen LogP contribution < -0.4 is 10.5 Å². The normalized spacial score (nSPS) is 10.3. The smallest absolute Gasteiger partial charge is 0.337 e. The minimum Gasteiger partial charge on any atom is -0.478 e. The van der Waals surface area contributed by atoms with E-state index in [0.29, 0.717) is 11.6 Å². The Labute approximate surface area is 104 Å². The summed E-state index contributed by atoms with van der Waals surface area (Å²) in [5.41, 5.74) is 6.68. The second kappa shape index (κ2) is 4.40. The minimum absolute atomic E-state index is 0.0198. The number of nitrogens with zero attached hydrogens (tertiary/aromatic N) is 2. The van der Waals surface area contributed by atoms with Crippen molar-refractivity contribution < 1.29 is 14.6 Å². The molecule has 0 aliphatic carbocycles. The van der Waals surface area contributed by atoms with Gasteiger partial charge in [0, 0.05) is 13.1 Å². The molecular weight excluding hydrogens is 234 g/mol. The summed E-state index contributed by atoms with van der Waals surface area (Å²) in [7, 11) is 1.74. The Morgan fingerprint density at radius 3 is 2.78 bits per heavy atom. The molecular formula is C12H13N3O3. The molecule has 6 heteroatoms. The first-order chi connectivity index (χ1) is 8.49. The van der Waals surface area contributed by atoms with Gasteiger partial charge in [-0.05, 0) is 19.1 Å². The molecule has 0 aliphatic rings. The van der Waals surface area contributed by atoms with E-state index in [4.69, 9.17) is 15.6 Å². The lowest BCUT2D eigenvalue weighted by Gasteiger charge is -2.09. The van der Waals surface area contributed by atoms with Gasteiger partial charge in [0.05, 0.1) is 16.9 Å². The zero-order chi connectivity index (χ0) is 13.3. The second-order valence-corrected chi connectivity index (χ2v) is 3.87. The van der Waals surface area contributed by atoms with Crippen LogP contribution in [0.2, 0.25) is 0 Å². The largest absolute Gasteiger partial charge is 0.478 e. The fourth-order valence-corrected chi connectivity index (χ4v) is 1.61. The third kappa shape index (κ3) is 2.13. The van der Waals surface area contributed by atoms with E-state index in [2.05, 4.69) is 5.10 Å². The van der Waals surface area contributed by atoms with E-state index < -0.39 is 5.97 Å². The number of aromatic carboxylic acids is 1. The molecule has 0 saturated carbocycles. The first-order valence-electron chi connectivity index (χ1n) is 5.29. The van der Waals surface area contributed by atoms with E-state index in [0.717, 1.165) is 5.69 Å². The average Bonchev–Trinajstić information content (AvgIpc) is 2.60. The molecule has 0 radical (unpaired) electrons. The highest BCUT2D eigenvalue weighted by molar-refractivity contribution is 5.95. The molecule has 0 fully saturated rings. The van der Waals surface area contributed by atoms with Gasteiger partial charge in [-0.3, -0.25) is 0 Å². The Morgan fingerprint density at radius 2 is 2.22 bits per heavy atom. The number of carboxylic acids is 1. The molecule has 0 saturated heterocycles. The van der Waals surface area contributed by atoms with Crippen LogP contribution in [0.4, 0.5) is 5.69 Å². The Kier molecular flexibility index (Phi) is 2.93. The van der Waals surface area contributed by atoms with Crippen LogP contribution in [0.1, 0.15) is 16.1 Å². The van der Waals surface area contributed by atoms with Crippen LogP contribution in [-0.4, -0.2) is 20.9 Å². The van der Waals surface area contributed by atoms with Crippen molar-refractivity contribution in [2.45, 2.75) is 6.92 Å². The predicted molar refractivity (Wildman–Crippen MR) is 65.8 cm³/mol. The summed E-state index contributed by atoms with van der Waals surface area (Å²) in [6, 6.07) is 6.37. The number of carboxylic acid groups (broad SMARTS) is 1. The van der Waals surface area contributed by atoms with Crippen molar-refractivity contribution in [2.75, 3.05) is 5.73 Å². The Hall–Kier alpha value is -2.50. The molecule has 1 aromatic heterocycles. The van der Waals surface area contributed by atoms with Gasteiger partial charge in [-0.15, -0.1) is 0 Å². The molecule has 0 unspecified atom stereocenters. The topological polar surface area (TPSA) is 90.4 Å². The van der Waals surface area contributed by atoms with Gasteiger partial charge in [0.25, 0.3) is 0 Å². The van der Waals surface area contributed by atoms with Crippen LogP contribution in [0.5, 0.6) is 11.6 Å². The summed E-state index contributed by atoms with van der Waals surface area (Å²) in [6.07, 6.45) is 0. The van der Waals surface area contributed by atoms with E-state index in [1.54, 1.807) is 29.9 Å². The summed E-state index contributed by atoms with van der Waals surface area (Å²) in [4.78, 5) is 10.9. The molecule has 3 N–H and O–H groups in total. The quantitative estimate of drug-likeness (QED) is 0.807. The van der Waals surface area contributed by atoms with Gasteiger partial charge in [-0.1, -0.05) is 6.07 Å². The van der Waals surface area contributed by atoms with Gasteiger partial charge in [0.15, 0.2) is 5.75 Å². The number of nitrogen functional groups attached to an aromatic ring is 1. The molecule has 94 valence electrons. The molecule has 18 heavy (non-hydrogen) atoms. The maximum atomic E-state index is 10.9. The summed E-state index contributed by atoms with van der Waals surface area (Å²) in [6.45, 7) is 1.84. The number of carbonyl (C=O) groups is 1. The van der Waals surface area contributed by atoms with Crippen molar-refractivity contribution in [3.05, 3.63) is 35.5 Å². The van der Waals surface area contributed by atoms with Crippen molar-refractivity contribution in [3.8, 4) is 11.6 Å². The van der Waals surface area contributed by atoms with E-state index in [1.165, 1.54) is 6.07 Å². The highest BCUT2D eigenvalue weighted by Gasteiger charge is 2.13. The number of para-hydroxylation sites is 1. The lowest BCUT2D eigenvalue weighted by Crippen LogP contribution is -2.04. The number of hydrogen-bond donors (Lipinski definition) is 2. The summed E-state index contributed by atoms with van der Waals surface area (Å²) < 4.78 is 7.12. The molecule has 1 heterocycles.